The summed E-state index contributed by atoms with van der Waals surface area (Å²) < 4.78 is 30.5. The van der Waals surface area contributed by atoms with Crippen molar-refractivity contribution in [1.82, 2.24) is 4.72 Å². The Kier molecular flexibility index (Phi) is 10.3. The number of hydrogen-bond donors (Lipinski definition) is 1. The van der Waals surface area contributed by atoms with Crippen molar-refractivity contribution in [2.75, 3.05) is 6.26 Å². The highest BCUT2D eigenvalue weighted by Gasteiger charge is 2.22. The summed E-state index contributed by atoms with van der Waals surface area (Å²) in [5.74, 6) is -0.0279. The van der Waals surface area contributed by atoms with Crippen LogP contribution in [0.25, 0.3) is 0 Å². The minimum absolute atomic E-state index is 0.504. The molecule has 0 fully saturated rings. The molecule has 0 spiro atoms. The molecule has 0 aromatic heterocycles. The first kappa shape index (κ1) is 22.5. The zero-order valence-corrected chi connectivity index (χ0v) is 17.1. The van der Waals surface area contributed by atoms with E-state index in [1.807, 2.05) is 23.8 Å². The van der Waals surface area contributed by atoms with Crippen molar-refractivity contribution in [3.8, 4) is 5.75 Å². The molecule has 0 radical (unpaired) electrons. The Morgan fingerprint density at radius 1 is 1.00 bits per heavy atom. The van der Waals surface area contributed by atoms with Crippen LogP contribution in [0.15, 0.2) is 24.3 Å². The Morgan fingerprint density at radius 3 is 2.08 bits per heavy atom. The molecule has 0 aliphatic heterocycles. The number of sulfonamides is 1. The number of benzene rings is 1. The third-order valence-corrected chi connectivity index (χ3v) is 4.77. The summed E-state index contributed by atoms with van der Waals surface area (Å²) in [4.78, 5) is 12.3. The monoisotopic (exact) mass is 383 g/mol. The molecule has 6 heteroatoms. The van der Waals surface area contributed by atoms with Gasteiger partial charge in [-0.05, 0) is 31.9 Å². The van der Waals surface area contributed by atoms with Gasteiger partial charge >= 0.3 is 0 Å². The number of ether oxygens (including phenoxy) is 1. The van der Waals surface area contributed by atoms with Crippen LogP contribution in [-0.2, 0) is 14.8 Å². The smallest absolute Gasteiger partial charge is 0.274 e. The van der Waals surface area contributed by atoms with Crippen LogP contribution in [-0.4, -0.2) is 26.7 Å². The van der Waals surface area contributed by atoms with Crippen molar-refractivity contribution in [3.05, 3.63) is 29.8 Å². The van der Waals surface area contributed by atoms with Crippen molar-refractivity contribution >= 4 is 15.9 Å². The van der Waals surface area contributed by atoms with E-state index in [-0.39, 0.29) is 0 Å². The van der Waals surface area contributed by atoms with Crippen molar-refractivity contribution in [1.29, 1.82) is 0 Å². The maximum atomic E-state index is 12.3. The van der Waals surface area contributed by atoms with Gasteiger partial charge in [-0.2, -0.15) is 0 Å². The normalized spacial score (nSPS) is 12.6. The number of hydrogen-bond acceptors (Lipinski definition) is 4. The first-order chi connectivity index (χ1) is 12.3. The number of unbranched alkanes of at least 4 members (excludes halogenated alkanes) is 7. The predicted octanol–water partition coefficient (Wildman–Crippen LogP) is 4.35. The van der Waals surface area contributed by atoms with Crippen LogP contribution in [0.1, 0.15) is 70.3 Å². The fraction of sp³-hybridized carbons (Fsp3) is 0.650. The Hall–Kier alpha value is -1.56. The molecular weight excluding hydrogens is 350 g/mol. The van der Waals surface area contributed by atoms with Gasteiger partial charge in [0.1, 0.15) is 5.75 Å². The third kappa shape index (κ3) is 10.4. The van der Waals surface area contributed by atoms with Crippen LogP contribution >= 0.6 is 0 Å². The molecule has 148 valence electrons. The first-order valence-corrected chi connectivity index (χ1v) is 11.5. The highest BCUT2D eigenvalue weighted by atomic mass is 32.2. The Morgan fingerprint density at radius 2 is 1.54 bits per heavy atom. The fourth-order valence-electron chi connectivity index (χ4n) is 2.74. The van der Waals surface area contributed by atoms with Gasteiger partial charge in [-0.3, -0.25) is 9.52 Å². The maximum Gasteiger partial charge on any atom is 0.274 e. The predicted molar refractivity (Wildman–Crippen MR) is 106 cm³/mol. The van der Waals surface area contributed by atoms with Gasteiger partial charge < -0.3 is 4.74 Å². The summed E-state index contributed by atoms with van der Waals surface area (Å²) in [6.45, 7) is 4.17. The quantitative estimate of drug-likeness (QED) is 0.514. The zero-order chi connectivity index (χ0) is 19.4. The molecule has 0 aliphatic rings. The summed E-state index contributed by atoms with van der Waals surface area (Å²) in [5.41, 5.74) is 1.09. The second kappa shape index (κ2) is 11.9. The number of amides is 1. The standard InChI is InChI=1S/C20H33NO4S/c1-4-5-6-7-8-9-10-11-12-19(20(22)21-26(3,23)24)25-18-15-13-17(2)14-16-18/h13-16,19H,4-12H2,1-3H3,(H,21,22). The summed E-state index contributed by atoms with van der Waals surface area (Å²) in [6.07, 6.45) is 9.95. The molecule has 1 atom stereocenters. The van der Waals surface area contributed by atoms with Crippen LogP contribution in [0.2, 0.25) is 0 Å². The lowest BCUT2D eigenvalue weighted by Crippen LogP contribution is -2.41. The molecule has 1 aromatic carbocycles. The second-order valence-corrected chi connectivity index (χ2v) is 8.67. The minimum atomic E-state index is -3.60. The topological polar surface area (TPSA) is 72.5 Å². The lowest BCUT2D eigenvalue weighted by molar-refractivity contribution is -0.126. The van der Waals surface area contributed by atoms with Crippen molar-refractivity contribution < 1.29 is 17.9 Å². The Balaban J connectivity index is 2.49. The summed E-state index contributed by atoms with van der Waals surface area (Å²) >= 11 is 0. The van der Waals surface area contributed by atoms with E-state index >= 15 is 0 Å². The second-order valence-electron chi connectivity index (χ2n) is 6.92. The van der Waals surface area contributed by atoms with Gasteiger partial charge in [-0.25, -0.2) is 8.42 Å². The molecule has 1 aromatic rings. The largest absolute Gasteiger partial charge is 0.481 e. The molecule has 1 N–H and O–H groups in total. The van der Waals surface area contributed by atoms with Crippen LogP contribution in [0.5, 0.6) is 5.75 Å². The molecule has 5 nitrogen and oxygen atoms in total. The van der Waals surface area contributed by atoms with E-state index in [9.17, 15) is 13.2 Å². The van der Waals surface area contributed by atoms with E-state index in [1.165, 1.54) is 32.1 Å². The van der Waals surface area contributed by atoms with Gasteiger partial charge in [0.15, 0.2) is 6.10 Å². The molecule has 1 amide bonds. The molecular formula is C20H33NO4S. The molecule has 0 saturated heterocycles. The number of aryl methyl sites for hydroxylation is 1. The summed E-state index contributed by atoms with van der Waals surface area (Å²) in [7, 11) is -3.60. The zero-order valence-electron chi connectivity index (χ0n) is 16.3. The lowest BCUT2D eigenvalue weighted by Gasteiger charge is -2.18. The van der Waals surface area contributed by atoms with Gasteiger partial charge in [0.2, 0.25) is 10.0 Å². The average molecular weight is 384 g/mol. The van der Waals surface area contributed by atoms with Crippen molar-refractivity contribution in [3.63, 3.8) is 0 Å². The van der Waals surface area contributed by atoms with E-state index < -0.39 is 22.0 Å². The van der Waals surface area contributed by atoms with Crippen molar-refractivity contribution in [2.24, 2.45) is 0 Å². The molecule has 1 rings (SSSR count). The molecule has 26 heavy (non-hydrogen) atoms. The highest BCUT2D eigenvalue weighted by Crippen LogP contribution is 2.17. The van der Waals surface area contributed by atoms with Gasteiger partial charge in [0, 0.05) is 0 Å². The van der Waals surface area contributed by atoms with Crippen LogP contribution in [0.4, 0.5) is 0 Å². The van der Waals surface area contributed by atoms with Gasteiger partial charge in [0.25, 0.3) is 5.91 Å². The molecule has 0 heterocycles. The summed E-state index contributed by atoms with van der Waals surface area (Å²) in [6, 6.07) is 7.39. The molecule has 0 bridgehead atoms. The Bertz CT molecular complexity index is 626. The van der Waals surface area contributed by atoms with Crippen LogP contribution < -0.4 is 9.46 Å². The molecule has 1 unspecified atom stereocenters. The average Bonchev–Trinajstić information content (AvgIpc) is 2.56. The van der Waals surface area contributed by atoms with E-state index in [4.69, 9.17) is 4.74 Å². The summed E-state index contributed by atoms with van der Waals surface area (Å²) in [5, 5.41) is 0. The lowest BCUT2D eigenvalue weighted by atomic mass is 10.1. The highest BCUT2D eigenvalue weighted by molar-refractivity contribution is 7.89. The molecule has 0 saturated carbocycles. The number of carbonyl (C=O) groups excluding carboxylic acids is 1. The number of carbonyl (C=O) groups is 1. The van der Waals surface area contributed by atoms with Gasteiger partial charge in [-0.15, -0.1) is 0 Å². The first-order valence-electron chi connectivity index (χ1n) is 9.57. The van der Waals surface area contributed by atoms with Gasteiger partial charge in [0.05, 0.1) is 6.26 Å². The van der Waals surface area contributed by atoms with Crippen LogP contribution in [0, 0.1) is 6.92 Å². The SMILES string of the molecule is CCCCCCCCCCC(Oc1ccc(C)cc1)C(=O)NS(C)(=O)=O. The maximum absolute atomic E-state index is 12.3. The number of rotatable bonds is 13. The number of nitrogens with one attached hydrogen (secondary N) is 1. The minimum Gasteiger partial charge on any atom is -0.481 e. The van der Waals surface area contributed by atoms with E-state index in [2.05, 4.69) is 6.92 Å². The van der Waals surface area contributed by atoms with Gasteiger partial charge in [-0.1, -0.05) is 69.6 Å². The van der Waals surface area contributed by atoms with Crippen molar-refractivity contribution in [2.45, 2.75) is 77.7 Å². The molecule has 0 aliphatic carbocycles. The van der Waals surface area contributed by atoms with E-state index in [0.29, 0.717) is 12.2 Å². The van der Waals surface area contributed by atoms with E-state index in [1.54, 1.807) is 12.1 Å². The third-order valence-electron chi connectivity index (χ3n) is 4.20. The van der Waals surface area contributed by atoms with Crippen LogP contribution in [0.3, 0.4) is 0 Å². The Labute approximate surface area is 158 Å². The van der Waals surface area contributed by atoms with E-state index in [0.717, 1.165) is 31.1 Å². The fourth-order valence-corrected chi connectivity index (χ4v) is 3.23.